The van der Waals surface area contributed by atoms with Crippen molar-refractivity contribution in [3.63, 3.8) is 0 Å². The lowest BCUT2D eigenvalue weighted by Gasteiger charge is -2.08. The van der Waals surface area contributed by atoms with E-state index in [2.05, 4.69) is 25.9 Å². The molecule has 0 saturated heterocycles. The lowest BCUT2D eigenvalue weighted by molar-refractivity contribution is 0.469. The SMILES string of the molecule is CCCc1nc(-c2cc(O)cc(F)c2)nc(Cl)c1Br. The van der Waals surface area contributed by atoms with Gasteiger partial charge in [-0.3, -0.25) is 0 Å². The van der Waals surface area contributed by atoms with Gasteiger partial charge in [0.25, 0.3) is 0 Å². The molecule has 1 N–H and O–H groups in total. The van der Waals surface area contributed by atoms with Gasteiger partial charge in [-0.2, -0.15) is 0 Å². The van der Waals surface area contributed by atoms with Crippen LogP contribution in [0.4, 0.5) is 4.39 Å². The van der Waals surface area contributed by atoms with Crippen LogP contribution in [0.1, 0.15) is 19.0 Å². The number of hydrogen-bond acceptors (Lipinski definition) is 3. The van der Waals surface area contributed by atoms with Gasteiger partial charge in [-0.1, -0.05) is 24.9 Å². The van der Waals surface area contributed by atoms with Gasteiger partial charge in [-0.15, -0.1) is 0 Å². The summed E-state index contributed by atoms with van der Waals surface area (Å²) in [5, 5.41) is 9.69. The van der Waals surface area contributed by atoms with E-state index in [1.165, 1.54) is 12.1 Å². The lowest BCUT2D eigenvalue weighted by Crippen LogP contribution is -1.98. The van der Waals surface area contributed by atoms with Crippen LogP contribution in [0.25, 0.3) is 11.4 Å². The van der Waals surface area contributed by atoms with Crippen LogP contribution in [-0.2, 0) is 6.42 Å². The molecule has 3 nitrogen and oxygen atoms in total. The largest absolute Gasteiger partial charge is 0.508 e. The Morgan fingerprint density at radius 2 is 2.05 bits per heavy atom. The number of aromatic nitrogens is 2. The molecule has 0 bridgehead atoms. The molecule has 1 aromatic heterocycles. The molecule has 0 amide bonds. The van der Waals surface area contributed by atoms with Crippen LogP contribution in [0, 0.1) is 5.82 Å². The molecule has 0 aliphatic rings. The van der Waals surface area contributed by atoms with Crippen LogP contribution >= 0.6 is 27.5 Å². The maximum Gasteiger partial charge on any atom is 0.161 e. The molecule has 2 aromatic rings. The predicted octanol–water partition coefficient (Wildman–Crippen LogP) is 4.36. The fraction of sp³-hybridized carbons (Fsp3) is 0.231. The molecule has 0 aliphatic heterocycles. The molecule has 0 radical (unpaired) electrons. The van der Waals surface area contributed by atoms with Gasteiger partial charge in [0.05, 0.1) is 10.2 Å². The number of halogens is 3. The lowest BCUT2D eigenvalue weighted by atomic mass is 10.2. The quantitative estimate of drug-likeness (QED) is 0.841. The minimum Gasteiger partial charge on any atom is -0.508 e. The van der Waals surface area contributed by atoms with Gasteiger partial charge in [-0.25, -0.2) is 14.4 Å². The highest BCUT2D eigenvalue weighted by atomic mass is 79.9. The van der Waals surface area contributed by atoms with Gasteiger partial charge >= 0.3 is 0 Å². The summed E-state index contributed by atoms with van der Waals surface area (Å²) in [7, 11) is 0. The van der Waals surface area contributed by atoms with Crippen LogP contribution in [0.3, 0.4) is 0 Å². The van der Waals surface area contributed by atoms with Gasteiger partial charge < -0.3 is 5.11 Å². The van der Waals surface area contributed by atoms with Gasteiger partial charge in [0.2, 0.25) is 0 Å². The first kappa shape index (κ1) is 14.2. The maximum absolute atomic E-state index is 13.3. The summed E-state index contributed by atoms with van der Waals surface area (Å²) >= 11 is 9.37. The van der Waals surface area contributed by atoms with E-state index in [1.807, 2.05) is 6.92 Å². The third-order valence-corrected chi connectivity index (χ3v) is 3.84. The van der Waals surface area contributed by atoms with E-state index in [1.54, 1.807) is 0 Å². The second kappa shape index (κ2) is 5.84. The summed E-state index contributed by atoms with van der Waals surface area (Å²) in [5.41, 5.74) is 1.16. The van der Waals surface area contributed by atoms with Crippen LogP contribution in [-0.4, -0.2) is 15.1 Å². The average Bonchev–Trinajstić information content (AvgIpc) is 2.33. The zero-order valence-electron chi connectivity index (χ0n) is 10.1. The Labute approximate surface area is 123 Å². The van der Waals surface area contributed by atoms with E-state index >= 15 is 0 Å². The zero-order valence-corrected chi connectivity index (χ0v) is 12.5. The minimum atomic E-state index is -0.547. The monoisotopic (exact) mass is 344 g/mol. The van der Waals surface area contributed by atoms with Crippen LogP contribution in [0.5, 0.6) is 5.75 Å². The molecular weight excluding hydrogens is 335 g/mol. The van der Waals surface area contributed by atoms with E-state index in [9.17, 15) is 9.50 Å². The van der Waals surface area contributed by atoms with Crippen molar-refractivity contribution in [3.05, 3.63) is 39.3 Å². The van der Waals surface area contributed by atoms with Gasteiger partial charge in [0.15, 0.2) is 5.82 Å². The molecule has 0 saturated carbocycles. The van der Waals surface area contributed by atoms with Crippen molar-refractivity contribution in [1.82, 2.24) is 9.97 Å². The molecule has 0 atom stereocenters. The fourth-order valence-corrected chi connectivity index (χ4v) is 2.26. The number of hydrogen-bond donors (Lipinski definition) is 1. The molecule has 0 aliphatic carbocycles. The van der Waals surface area contributed by atoms with Crippen molar-refractivity contribution in [3.8, 4) is 17.1 Å². The molecule has 6 heteroatoms. The molecule has 19 heavy (non-hydrogen) atoms. The highest BCUT2D eigenvalue weighted by molar-refractivity contribution is 9.10. The smallest absolute Gasteiger partial charge is 0.161 e. The number of benzene rings is 1. The second-order valence-corrected chi connectivity index (χ2v) is 5.20. The number of rotatable bonds is 3. The second-order valence-electron chi connectivity index (χ2n) is 4.05. The molecule has 1 heterocycles. The summed E-state index contributed by atoms with van der Waals surface area (Å²) < 4.78 is 13.9. The van der Waals surface area contributed by atoms with Crippen molar-refractivity contribution in [2.24, 2.45) is 0 Å². The number of aryl methyl sites for hydroxylation is 1. The Kier molecular flexibility index (Phi) is 4.37. The third kappa shape index (κ3) is 3.22. The summed E-state index contributed by atoms with van der Waals surface area (Å²) in [4.78, 5) is 8.45. The number of aromatic hydroxyl groups is 1. The standard InChI is InChI=1S/C13H11BrClFN2O/c1-2-3-10-11(14)12(15)18-13(17-10)7-4-8(16)6-9(19)5-7/h4-6,19H,2-3H2,1H3. The van der Waals surface area contributed by atoms with Gasteiger partial charge in [-0.05, 0) is 34.5 Å². The van der Waals surface area contributed by atoms with Crippen molar-refractivity contribution in [2.75, 3.05) is 0 Å². The predicted molar refractivity (Wildman–Crippen MR) is 75.8 cm³/mol. The van der Waals surface area contributed by atoms with Crippen molar-refractivity contribution >= 4 is 27.5 Å². The number of phenols is 1. The zero-order chi connectivity index (χ0) is 14.0. The normalized spacial score (nSPS) is 10.7. The molecular formula is C13H11BrClFN2O. The Morgan fingerprint density at radius 1 is 1.32 bits per heavy atom. The van der Waals surface area contributed by atoms with E-state index in [0.29, 0.717) is 15.9 Å². The molecule has 1 aromatic carbocycles. The van der Waals surface area contributed by atoms with Crippen LogP contribution in [0.2, 0.25) is 5.15 Å². The summed E-state index contributed by atoms with van der Waals surface area (Å²) in [6.45, 7) is 2.02. The number of phenolic OH excluding ortho intramolecular Hbond substituents is 1. The maximum atomic E-state index is 13.3. The van der Waals surface area contributed by atoms with Gasteiger partial charge in [0.1, 0.15) is 16.7 Å². The van der Waals surface area contributed by atoms with E-state index in [4.69, 9.17) is 11.6 Å². The molecule has 0 unspecified atom stereocenters. The highest BCUT2D eigenvalue weighted by Crippen LogP contribution is 2.29. The first-order valence-electron chi connectivity index (χ1n) is 5.73. The Hall–Kier alpha value is -1.20. The minimum absolute atomic E-state index is 0.172. The number of nitrogens with zero attached hydrogens (tertiary/aromatic N) is 2. The van der Waals surface area contributed by atoms with Crippen molar-refractivity contribution in [1.29, 1.82) is 0 Å². The molecule has 0 fully saturated rings. The molecule has 0 spiro atoms. The highest BCUT2D eigenvalue weighted by Gasteiger charge is 2.13. The van der Waals surface area contributed by atoms with E-state index in [-0.39, 0.29) is 10.9 Å². The summed E-state index contributed by atoms with van der Waals surface area (Å²) in [6, 6.07) is 3.68. The van der Waals surface area contributed by atoms with E-state index in [0.717, 1.165) is 24.6 Å². The van der Waals surface area contributed by atoms with Crippen molar-refractivity contribution < 1.29 is 9.50 Å². The van der Waals surface area contributed by atoms with E-state index < -0.39 is 5.82 Å². The Balaban J connectivity index is 2.55. The van der Waals surface area contributed by atoms with Gasteiger partial charge in [0, 0.05) is 11.6 Å². The Bertz CT molecular complexity index is 602. The third-order valence-electron chi connectivity index (χ3n) is 2.51. The Morgan fingerprint density at radius 3 is 2.68 bits per heavy atom. The summed E-state index contributed by atoms with van der Waals surface area (Å²) in [5.74, 6) is -0.421. The topological polar surface area (TPSA) is 46.0 Å². The molecule has 100 valence electrons. The first-order chi connectivity index (χ1) is 9.01. The van der Waals surface area contributed by atoms with Crippen LogP contribution < -0.4 is 0 Å². The average molecular weight is 346 g/mol. The first-order valence-corrected chi connectivity index (χ1v) is 6.90. The van der Waals surface area contributed by atoms with Crippen molar-refractivity contribution in [2.45, 2.75) is 19.8 Å². The fourth-order valence-electron chi connectivity index (χ4n) is 1.70. The molecule has 2 rings (SSSR count). The summed E-state index contributed by atoms with van der Waals surface area (Å²) in [6.07, 6.45) is 1.64. The van der Waals surface area contributed by atoms with Crippen LogP contribution in [0.15, 0.2) is 22.7 Å².